The number of carbonyl (C=O) groups excluding carboxylic acids is 1. The topological polar surface area (TPSA) is 81.5 Å². The van der Waals surface area contributed by atoms with Crippen molar-refractivity contribution in [2.24, 2.45) is 0 Å². The molecule has 1 fully saturated rings. The van der Waals surface area contributed by atoms with Gasteiger partial charge in [0.05, 0.1) is 12.6 Å². The first-order chi connectivity index (χ1) is 7.70. The lowest BCUT2D eigenvalue weighted by Crippen LogP contribution is -2.30. The number of rotatable bonds is 8. The zero-order valence-electron chi connectivity index (χ0n) is 9.31. The molecule has 0 aliphatic carbocycles. The predicted octanol–water partition coefficient (Wildman–Crippen LogP) is 1.08. The molecular formula is C10H18N2O4. The van der Waals surface area contributed by atoms with E-state index in [4.69, 9.17) is 0 Å². The molecule has 16 heavy (non-hydrogen) atoms. The largest absolute Gasteiger partial charge is 0.314 e. The molecule has 0 aromatic rings. The van der Waals surface area contributed by atoms with E-state index in [1.165, 1.54) is 0 Å². The van der Waals surface area contributed by atoms with Gasteiger partial charge in [-0.2, -0.15) is 0 Å². The van der Waals surface area contributed by atoms with E-state index in [0.29, 0.717) is 12.8 Å². The second kappa shape index (κ2) is 7.16. The van der Waals surface area contributed by atoms with Gasteiger partial charge in [-0.15, -0.1) is 10.1 Å². The Morgan fingerprint density at radius 2 is 2.25 bits per heavy atom. The van der Waals surface area contributed by atoms with Crippen LogP contribution in [0.25, 0.3) is 0 Å². The summed E-state index contributed by atoms with van der Waals surface area (Å²) in [5.74, 6) is 0.271. The lowest BCUT2D eigenvalue weighted by atomic mass is 10.0. The molecular weight excluding hydrogens is 212 g/mol. The minimum absolute atomic E-state index is 0.0509. The predicted molar refractivity (Wildman–Crippen MR) is 57.4 cm³/mol. The van der Waals surface area contributed by atoms with E-state index in [9.17, 15) is 14.9 Å². The maximum atomic E-state index is 11.6. The molecule has 1 atom stereocenters. The average Bonchev–Trinajstić information content (AvgIpc) is 2.75. The monoisotopic (exact) mass is 230 g/mol. The van der Waals surface area contributed by atoms with Crippen LogP contribution in [0.3, 0.4) is 0 Å². The standard InChI is InChI=1S/C10H18N2O4/c13-10(9-5-4-7-11-9)6-2-1-3-8-16-12(14)15/h9,11H,1-8H2. The first kappa shape index (κ1) is 12.9. The van der Waals surface area contributed by atoms with Crippen molar-refractivity contribution >= 4 is 5.78 Å². The molecule has 1 N–H and O–H groups in total. The summed E-state index contributed by atoms with van der Waals surface area (Å²) >= 11 is 0. The van der Waals surface area contributed by atoms with E-state index >= 15 is 0 Å². The van der Waals surface area contributed by atoms with E-state index in [2.05, 4.69) is 10.2 Å². The van der Waals surface area contributed by atoms with Gasteiger partial charge in [-0.05, 0) is 32.2 Å². The summed E-state index contributed by atoms with van der Waals surface area (Å²) in [6.45, 7) is 1.07. The van der Waals surface area contributed by atoms with Crippen molar-refractivity contribution in [3.63, 3.8) is 0 Å². The summed E-state index contributed by atoms with van der Waals surface area (Å²) in [7, 11) is 0. The maximum absolute atomic E-state index is 11.6. The van der Waals surface area contributed by atoms with Crippen LogP contribution in [0.4, 0.5) is 0 Å². The van der Waals surface area contributed by atoms with Crippen LogP contribution < -0.4 is 5.32 Å². The van der Waals surface area contributed by atoms with Crippen molar-refractivity contribution < 1.29 is 14.7 Å². The third-order valence-corrected chi connectivity index (χ3v) is 2.71. The minimum Gasteiger partial charge on any atom is -0.314 e. The Bertz CT molecular complexity index is 239. The number of hydrogen-bond donors (Lipinski definition) is 1. The van der Waals surface area contributed by atoms with Gasteiger partial charge >= 0.3 is 0 Å². The van der Waals surface area contributed by atoms with Gasteiger partial charge in [0, 0.05) is 6.42 Å². The highest BCUT2D eigenvalue weighted by Gasteiger charge is 2.20. The fourth-order valence-corrected chi connectivity index (χ4v) is 1.85. The van der Waals surface area contributed by atoms with Gasteiger partial charge in [0.1, 0.15) is 5.78 Å². The van der Waals surface area contributed by atoms with Crippen molar-refractivity contribution in [1.29, 1.82) is 0 Å². The summed E-state index contributed by atoms with van der Waals surface area (Å²) in [5.41, 5.74) is 0. The van der Waals surface area contributed by atoms with Crippen LogP contribution in [0.2, 0.25) is 0 Å². The Balaban J connectivity index is 1.94. The Hall–Kier alpha value is -1.17. The Morgan fingerprint density at radius 1 is 1.44 bits per heavy atom. The number of nitrogens with one attached hydrogen (secondary N) is 1. The first-order valence-corrected chi connectivity index (χ1v) is 5.73. The molecule has 1 unspecified atom stereocenters. The summed E-state index contributed by atoms with van der Waals surface area (Å²) in [4.78, 5) is 25.6. The van der Waals surface area contributed by atoms with Crippen LogP contribution in [0.1, 0.15) is 38.5 Å². The van der Waals surface area contributed by atoms with Gasteiger partial charge in [-0.25, -0.2) is 0 Å². The smallest absolute Gasteiger partial charge is 0.294 e. The van der Waals surface area contributed by atoms with Crippen LogP contribution in [0, 0.1) is 10.1 Å². The number of Topliss-reactive ketones (excluding diaryl/α,β-unsaturated/α-hetero) is 1. The van der Waals surface area contributed by atoms with Crippen molar-refractivity contribution in [2.75, 3.05) is 13.2 Å². The van der Waals surface area contributed by atoms with Gasteiger partial charge in [-0.3, -0.25) is 4.79 Å². The lowest BCUT2D eigenvalue weighted by Gasteiger charge is -2.08. The molecule has 1 aliphatic rings. The molecule has 1 rings (SSSR count). The van der Waals surface area contributed by atoms with Crippen LogP contribution in [-0.4, -0.2) is 30.1 Å². The van der Waals surface area contributed by atoms with Crippen LogP contribution in [0.15, 0.2) is 0 Å². The van der Waals surface area contributed by atoms with Crippen molar-refractivity contribution in [2.45, 2.75) is 44.6 Å². The zero-order valence-corrected chi connectivity index (χ0v) is 9.31. The maximum Gasteiger partial charge on any atom is 0.294 e. The fraction of sp³-hybridized carbons (Fsp3) is 0.900. The SMILES string of the molecule is O=C(CCCCCO[N+](=O)[O-])C1CCCN1. The fourth-order valence-electron chi connectivity index (χ4n) is 1.85. The van der Waals surface area contributed by atoms with Gasteiger partial charge in [0.15, 0.2) is 0 Å². The molecule has 1 aliphatic heterocycles. The molecule has 1 heterocycles. The first-order valence-electron chi connectivity index (χ1n) is 5.73. The molecule has 0 radical (unpaired) electrons. The number of nitrogens with zero attached hydrogens (tertiary/aromatic N) is 1. The minimum atomic E-state index is -0.784. The molecule has 0 aromatic heterocycles. The van der Waals surface area contributed by atoms with Gasteiger partial charge in [0.2, 0.25) is 0 Å². The lowest BCUT2D eigenvalue weighted by molar-refractivity contribution is -0.757. The van der Waals surface area contributed by atoms with Crippen LogP contribution >= 0.6 is 0 Å². The number of carbonyl (C=O) groups is 1. The number of unbranched alkanes of at least 4 members (excludes halogenated alkanes) is 2. The summed E-state index contributed by atoms with van der Waals surface area (Å²) in [6, 6.07) is 0.0509. The summed E-state index contributed by atoms with van der Waals surface area (Å²) in [5, 5.41) is 12.2. The normalized spacial score (nSPS) is 19.6. The van der Waals surface area contributed by atoms with Crippen molar-refractivity contribution in [1.82, 2.24) is 5.32 Å². The van der Waals surface area contributed by atoms with E-state index < -0.39 is 5.09 Å². The molecule has 0 saturated carbocycles. The highest BCUT2D eigenvalue weighted by molar-refractivity contribution is 5.84. The zero-order chi connectivity index (χ0) is 11.8. The molecule has 6 nitrogen and oxygen atoms in total. The molecule has 0 spiro atoms. The molecule has 6 heteroatoms. The van der Waals surface area contributed by atoms with Crippen molar-refractivity contribution in [3.8, 4) is 0 Å². The van der Waals surface area contributed by atoms with Crippen molar-refractivity contribution in [3.05, 3.63) is 10.1 Å². The molecule has 1 saturated heterocycles. The van der Waals surface area contributed by atoms with Gasteiger partial charge in [-0.1, -0.05) is 6.42 Å². The highest BCUT2D eigenvalue weighted by atomic mass is 16.9. The third kappa shape index (κ3) is 5.06. The Labute approximate surface area is 94.4 Å². The summed E-state index contributed by atoms with van der Waals surface area (Å²) in [6.07, 6.45) is 4.81. The highest BCUT2D eigenvalue weighted by Crippen LogP contribution is 2.10. The third-order valence-electron chi connectivity index (χ3n) is 2.71. The van der Waals surface area contributed by atoms with E-state index in [1.54, 1.807) is 0 Å². The quantitative estimate of drug-likeness (QED) is 0.383. The van der Waals surface area contributed by atoms with Crippen LogP contribution in [-0.2, 0) is 9.63 Å². The van der Waals surface area contributed by atoms with E-state index in [-0.39, 0.29) is 18.4 Å². The van der Waals surface area contributed by atoms with Gasteiger partial charge in [0.25, 0.3) is 5.09 Å². The number of hydrogen-bond acceptors (Lipinski definition) is 5. The molecule has 0 bridgehead atoms. The molecule has 92 valence electrons. The van der Waals surface area contributed by atoms with E-state index in [1.807, 2.05) is 0 Å². The second-order valence-electron chi connectivity index (χ2n) is 3.98. The average molecular weight is 230 g/mol. The second-order valence-corrected chi connectivity index (χ2v) is 3.98. The summed E-state index contributed by atoms with van der Waals surface area (Å²) < 4.78 is 0. The van der Waals surface area contributed by atoms with Crippen LogP contribution in [0.5, 0.6) is 0 Å². The van der Waals surface area contributed by atoms with Gasteiger partial charge < -0.3 is 10.2 Å². The molecule has 0 aromatic carbocycles. The number of ketones is 1. The Morgan fingerprint density at radius 3 is 2.88 bits per heavy atom. The van der Waals surface area contributed by atoms with E-state index in [0.717, 1.165) is 32.2 Å². The Kier molecular flexibility index (Phi) is 5.77. The molecule has 0 amide bonds.